The van der Waals surface area contributed by atoms with Gasteiger partial charge in [-0.25, -0.2) is 9.37 Å². The Bertz CT molecular complexity index is 760. The summed E-state index contributed by atoms with van der Waals surface area (Å²) in [7, 11) is 3.35. The number of nitrogens with zero attached hydrogens (tertiary/aromatic N) is 2. The average Bonchev–Trinajstić information content (AvgIpc) is 2.57. The van der Waals surface area contributed by atoms with Crippen LogP contribution in [0.2, 0.25) is 0 Å². The van der Waals surface area contributed by atoms with Crippen LogP contribution in [0.5, 0.6) is 0 Å². The quantitative estimate of drug-likeness (QED) is 0.845. The number of aryl methyl sites for hydroxylation is 1. The lowest BCUT2D eigenvalue weighted by molar-refractivity contribution is -0.115. The molecule has 0 bridgehead atoms. The molecule has 25 heavy (non-hydrogen) atoms. The maximum absolute atomic E-state index is 13.0. The fraction of sp³-hybridized carbons (Fsp3) is 0.278. The van der Waals surface area contributed by atoms with Crippen LogP contribution in [-0.2, 0) is 4.79 Å². The van der Waals surface area contributed by atoms with Crippen molar-refractivity contribution in [3.8, 4) is 0 Å². The molecule has 1 aromatic heterocycles. The van der Waals surface area contributed by atoms with E-state index in [4.69, 9.17) is 0 Å². The molecule has 2 N–H and O–H groups in total. The second-order valence-corrected chi connectivity index (χ2v) is 5.82. The molecule has 0 atom stereocenters. The summed E-state index contributed by atoms with van der Waals surface area (Å²) in [6.45, 7) is 2.12. The second kappa shape index (κ2) is 8.23. The van der Waals surface area contributed by atoms with Gasteiger partial charge in [0.1, 0.15) is 11.6 Å². The number of carbonyl (C=O) groups is 2. The molecule has 0 aliphatic carbocycles. The maximum Gasteiger partial charge on any atom is 0.254 e. The summed E-state index contributed by atoms with van der Waals surface area (Å²) >= 11 is 0. The standard InChI is InChI=1S/C18H21FN4O2/c1-12-10-14(19)5-6-15(12)22-17(24)8-9-20-16-7-4-13(11-21-16)18(25)23(2)3/h4-7,10-11H,8-9H2,1-3H3,(H,20,21)(H,22,24). The van der Waals surface area contributed by atoms with Crippen molar-refractivity contribution in [1.29, 1.82) is 0 Å². The van der Waals surface area contributed by atoms with Gasteiger partial charge in [0.15, 0.2) is 0 Å². The highest BCUT2D eigenvalue weighted by Crippen LogP contribution is 2.15. The maximum atomic E-state index is 13.0. The molecule has 0 saturated heterocycles. The molecule has 0 unspecified atom stereocenters. The monoisotopic (exact) mass is 344 g/mol. The van der Waals surface area contributed by atoms with E-state index in [1.807, 2.05) is 0 Å². The lowest BCUT2D eigenvalue weighted by Crippen LogP contribution is -2.22. The van der Waals surface area contributed by atoms with E-state index >= 15 is 0 Å². The molecule has 0 fully saturated rings. The van der Waals surface area contributed by atoms with Crippen molar-refractivity contribution in [3.05, 3.63) is 53.5 Å². The van der Waals surface area contributed by atoms with E-state index in [-0.39, 0.29) is 24.1 Å². The van der Waals surface area contributed by atoms with Gasteiger partial charge in [-0.1, -0.05) is 0 Å². The predicted molar refractivity (Wildman–Crippen MR) is 95.1 cm³/mol. The number of benzene rings is 1. The Hall–Kier alpha value is -2.96. The highest BCUT2D eigenvalue weighted by Gasteiger charge is 2.09. The summed E-state index contributed by atoms with van der Waals surface area (Å²) in [6.07, 6.45) is 1.73. The first-order chi connectivity index (χ1) is 11.9. The fourth-order valence-electron chi connectivity index (χ4n) is 2.17. The van der Waals surface area contributed by atoms with Crippen molar-refractivity contribution in [2.75, 3.05) is 31.3 Å². The number of pyridine rings is 1. The van der Waals surface area contributed by atoms with Gasteiger partial charge >= 0.3 is 0 Å². The van der Waals surface area contributed by atoms with E-state index in [1.54, 1.807) is 33.2 Å². The van der Waals surface area contributed by atoms with Crippen LogP contribution in [-0.4, -0.2) is 42.3 Å². The van der Waals surface area contributed by atoms with E-state index < -0.39 is 0 Å². The van der Waals surface area contributed by atoms with Gasteiger partial charge in [-0.2, -0.15) is 0 Å². The van der Waals surface area contributed by atoms with Crippen molar-refractivity contribution in [2.45, 2.75) is 13.3 Å². The highest BCUT2D eigenvalue weighted by atomic mass is 19.1. The summed E-state index contributed by atoms with van der Waals surface area (Å²) in [5, 5.41) is 5.77. The number of amides is 2. The fourth-order valence-corrected chi connectivity index (χ4v) is 2.17. The lowest BCUT2D eigenvalue weighted by atomic mass is 10.2. The van der Waals surface area contributed by atoms with Crippen molar-refractivity contribution in [3.63, 3.8) is 0 Å². The van der Waals surface area contributed by atoms with Crippen LogP contribution in [0.15, 0.2) is 36.5 Å². The third-order valence-corrected chi connectivity index (χ3v) is 3.54. The van der Waals surface area contributed by atoms with Gasteiger partial charge < -0.3 is 15.5 Å². The van der Waals surface area contributed by atoms with Crippen LogP contribution in [0.4, 0.5) is 15.9 Å². The first kappa shape index (κ1) is 18.4. The van der Waals surface area contributed by atoms with Crippen molar-refractivity contribution < 1.29 is 14.0 Å². The number of anilines is 2. The Kier molecular flexibility index (Phi) is 6.05. The predicted octanol–water partition coefficient (Wildman–Crippen LogP) is 2.67. The minimum Gasteiger partial charge on any atom is -0.370 e. The zero-order valence-corrected chi connectivity index (χ0v) is 14.5. The minimum atomic E-state index is -0.334. The Balaban J connectivity index is 1.82. The molecule has 1 aromatic carbocycles. The Morgan fingerprint density at radius 2 is 1.96 bits per heavy atom. The molecule has 0 radical (unpaired) electrons. The molecule has 0 saturated carbocycles. The zero-order chi connectivity index (χ0) is 18.4. The summed E-state index contributed by atoms with van der Waals surface area (Å²) in [5.74, 6) is -0.0461. The van der Waals surface area contributed by atoms with Crippen molar-refractivity contribution in [1.82, 2.24) is 9.88 Å². The number of nitrogens with one attached hydrogen (secondary N) is 2. The third-order valence-electron chi connectivity index (χ3n) is 3.54. The van der Waals surface area contributed by atoms with Crippen LogP contribution in [0.3, 0.4) is 0 Å². The Labute approximate surface area is 146 Å². The van der Waals surface area contributed by atoms with E-state index in [2.05, 4.69) is 15.6 Å². The molecular formula is C18H21FN4O2. The van der Waals surface area contributed by atoms with Crippen LogP contribution in [0, 0.1) is 12.7 Å². The van der Waals surface area contributed by atoms with Gasteiger partial charge in [0.2, 0.25) is 5.91 Å². The molecule has 2 rings (SSSR count). The second-order valence-electron chi connectivity index (χ2n) is 5.82. The van der Waals surface area contributed by atoms with E-state index in [9.17, 15) is 14.0 Å². The molecule has 0 aliphatic rings. The third kappa shape index (κ3) is 5.27. The normalized spacial score (nSPS) is 10.2. The number of hydrogen-bond donors (Lipinski definition) is 2. The molecule has 1 heterocycles. The number of rotatable bonds is 6. The first-order valence-electron chi connectivity index (χ1n) is 7.84. The van der Waals surface area contributed by atoms with Gasteiger partial charge in [0.25, 0.3) is 5.91 Å². The van der Waals surface area contributed by atoms with Crippen LogP contribution in [0.25, 0.3) is 0 Å². The van der Waals surface area contributed by atoms with Gasteiger partial charge in [0, 0.05) is 38.9 Å². The van der Waals surface area contributed by atoms with E-state index in [0.717, 1.165) is 0 Å². The summed E-state index contributed by atoms with van der Waals surface area (Å²) in [4.78, 5) is 29.3. The largest absolute Gasteiger partial charge is 0.370 e. The van der Waals surface area contributed by atoms with E-state index in [1.165, 1.54) is 29.3 Å². The summed E-state index contributed by atoms with van der Waals surface area (Å²) in [6, 6.07) is 7.59. The number of hydrogen-bond acceptors (Lipinski definition) is 4. The van der Waals surface area contributed by atoms with Gasteiger partial charge in [0.05, 0.1) is 5.56 Å². The molecule has 7 heteroatoms. The summed E-state index contributed by atoms with van der Waals surface area (Å²) < 4.78 is 13.0. The number of halogens is 1. The lowest BCUT2D eigenvalue weighted by Gasteiger charge is -2.11. The van der Waals surface area contributed by atoms with Crippen LogP contribution < -0.4 is 10.6 Å². The zero-order valence-electron chi connectivity index (χ0n) is 14.5. The van der Waals surface area contributed by atoms with Gasteiger partial charge in [-0.3, -0.25) is 9.59 Å². The Morgan fingerprint density at radius 3 is 2.56 bits per heavy atom. The number of carbonyl (C=O) groups excluding carboxylic acids is 2. The molecule has 132 valence electrons. The molecule has 2 aromatic rings. The number of aromatic nitrogens is 1. The summed E-state index contributed by atoms with van der Waals surface area (Å²) in [5.41, 5.74) is 1.76. The molecule has 0 aliphatic heterocycles. The van der Waals surface area contributed by atoms with Gasteiger partial charge in [-0.05, 0) is 42.8 Å². The topological polar surface area (TPSA) is 74.3 Å². The van der Waals surface area contributed by atoms with Crippen LogP contribution >= 0.6 is 0 Å². The SMILES string of the molecule is Cc1cc(F)ccc1NC(=O)CCNc1ccc(C(=O)N(C)C)cn1. The minimum absolute atomic E-state index is 0.118. The highest BCUT2D eigenvalue weighted by molar-refractivity contribution is 5.93. The van der Waals surface area contributed by atoms with E-state index in [0.29, 0.717) is 29.2 Å². The Morgan fingerprint density at radius 1 is 1.20 bits per heavy atom. The van der Waals surface area contributed by atoms with Crippen LogP contribution in [0.1, 0.15) is 22.3 Å². The molecule has 0 spiro atoms. The van der Waals surface area contributed by atoms with Crippen molar-refractivity contribution in [2.24, 2.45) is 0 Å². The van der Waals surface area contributed by atoms with Gasteiger partial charge in [-0.15, -0.1) is 0 Å². The van der Waals surface area contributed by atoms with Crippen molar-refractivity contribution >= 4 is 23.3 Å². The molecular weight excluding hydrogens is 323 g/mol. The molecule has 6 nitrogen and oxygen atoms in total. The molecule has 2 amide bonds. The first-order valence-corrected chi connectivity index (χ1v) is 7.84. The smallest absolute Gasteiger partial charge is 0.254 e. The average molecular weight is 344 g/mol.